The summed E-state index contributed by atoms with van der Waals surface area (Å²) in [6, 6.07) is 9.33. The Balaban J connectivity index is 1.99. The van der Waals surface area contributed by atoms with Crippen molar-refractivity contribution in [3.8, 4) is 0 Å². The predicted molar refractivity (Wildman–Crippen MR) is 83.5 cm³/mol. The number of sulfonamides is 1. The normalized spacial score (nSPS) is 11.7. The summed E-state index contributed by atoms with van der Waals surface area (Å²) in [7, 11) is -3.40. The highest BCUT2D eigenvalue weighted by Crippen LogP contribution is 2.25. The molecule has 0 saturated heterocycles. The quantitative estimate of drug-likeness (QED) is 0.833. The van der Waals surface area contributed by atoms with Crippen LogP contribution < -0.4 is 10.5 Å². The molecule has 1 heterocycles. The molecule has 2 aromatic rings. The smallest absolute Gasteiger partial charge is 0.250 e. The molecular weight excluding hydrogens is 292 g/mol. The summed E-state index contributed by atoms with van der Waals surface area (Å²) < 4.78 is 27.4. The average Bonchev–Trinajstić information content (AvgIpc) is 2.72. The fraction of sp³-hybridized carbons (Fsp3) is 0.286. The zero-order valence-corrected chi connectivity index (χ0v) is 13.1. The second-order valence-corrected chi connectivity index (χ2v) is 7.94. The molecule has 0 aliphatic heterocycles. The number of nitrogens with two attached hydrogens (primary N) is 1. The van der Waals surface area contributed by atoms with Crippen molar-refractivity contribution in [2.45, 2.75) is 24.5 Å². The lowest BCUT2D eigenvalue weighted by atomic mass is 10.1. The number of thiophene rings is 1. The monoisotopic (exact) mass is 310 g/mol. The van der Waals surface area contributed by atoms with Crippen LogP contribution in [0.4, 0.5) is 5.69 Å². The SMILES string of the molecule is Cc1cc(C)c(S(=O)(=O)NCCc2ccc(N)cc2)s1. The summed E-state index contributed by atoms with van der Waals surface area (Å²) >= 11 is 1.30. The maximum atomic E-state index is 12.2. The molecule has 20 heavy (non-hydrogen) atoms. The third-order valence-electron chi connectivity index (χ3n) is 2.92. The molecular formula is C14H18N2O2S2. The van der Waals surface area contributed by atoms with E-state index in [1.165, 1.54) is 11.3 Å². The molecule has 0 unspecified atom stereocenters. The van der Waals surface area contributed by atoms with E-state index in [0.29, 0.717) is 22.9 Å². The molecule has 1 aromatic carbocycles. The van der Waals surface area contributed by atoms with Crippen molar-refractivity contribution in [2.24, 2.45) is 0 Å². The van der Waals surface area contributed by atoms with Crippen molar-refractivity contribution in [1.82, 2.24) is 4.72 Å². The van der Waals surface area contributed by atoms with Gasteiger partial charge in [0.2, 0.25) is 10.0 Å². The lowest BCUT2D eigenvalue weighted by Gasteiger charge is -2.06. The van der Waals surface area contributed by atoms with Crippen LogP contribution in [0.15, 0.2) is 34.5 Å². The first-order valence-electron chi connectivity index (χ1n) is 6.29. The first-order chi connectivity index (χ1) is 9.38. The number of nitrogen functional groups attached to an aromatic ring is 1. The van der Waals surface area contributed by atoms with E-state index >= 15 is 0 Å². The number of nitrogens with one attached hydrogen (secondary N) is 1. The third-order valence-corrected chi connectivity index (χ3v) is 6.17. The van der Waals surface area contributed by atoms with Gasteiger partial charge in [-0.05, 0) is 49.6 Å². The Morgan fingerprint density at radius 3 is 2.40 bits per heavy atom. The lowest BCUT2D eigenvalue weighted by molar-refractivity contribution is 0.583. The van der Waals surface area contributed by atoms with Gasteiger partial charge < -0.3 is 5.73 Å². The molecule has 4 nitrogen and oxygen atoms in total. The minimum absolute atomic E-state index is 0.378. The Kier molecular flexibility index (Phi) is 4.47. The largest absolute Gasteiger partial charge is 0.399 e. The first-order valence-corrected chi connectivity index (χ1v) is 8.59. The van der Waals surface area contributed by atoms with Crippen LogP contribution in [0.2, 0.25) is 0 Å². The summed E-state index contributed by atoms with van der Waals surface area (Å²) in [6.45, 7) is 4.10. The molecule has 0 aliphatic carbocycles. The van der Waals surface area contributed by atoms with Gasteiger partial charge in [-0.15, -0.1) is 11.3 Å². The van der Waals surface area contributed by atoms with Crippen LogP contribution in [-0.2, 0) is 16.4 Å². The number of hydrogen-bond acceptors (Lipinski definition) is 4. The Labute approximate surface area is 123 Å². The van der Waals surface area contributed by atoms with E-state index in [2.05, 4.69) is 4.72 Å². The zero-order chi connectivity index (χ0) is 14.8. The maximum absolute atomic E-state index is 12.2. The van der Waals surface area contributed by atoms with E-state index in [9.17, 15) is 8.42 Å². The maximum Gasteiger partial charge on any atom is 0.250 e. The van der Waals surface area contributed by atoms with E-state index in [-0.39, 0.29) is 0 Å². The van der Waals surface area contributed by atoms with Crippen molar-refractivity contribution in [3.63, 3.8) is 0 Å². The van der Waals surface area contributed by atoms with Crippen LogP contribution in [0.3, 0.4) is 0 Å². The first kappa shape index (κ1) is 15.0. The number of hydrogen-bond donors (Lipinski definition) is 2. The predicted octanol–water partition coefficient (Wildman–Crippen LogP) is 2.47. The van der Waals surface area contributed by atoms with Gasteiger partial charge in [0.15, 0.2) is 0 Å². The number of aryl methyl sites for hydroxylation is 2. The van der Waals surface area contributed by atoms with Gasteiger partial charge in [-0.2, -0.15) is 0 Å². The van der Waals surface area contributed by atoms with Crippen LogP contribution in [0.5, 0.6) is 0 Å². The highest BCUT2D eigenvalue weighted by Gasteiger charge is 2.18. The van der Waals surface area contributed by atoms with Crippen LogP contribution >= 0.6 is 11.3 Å². The van der Waals surface area contributed by atoms with Crippen LogP contribution in [0.25, 0.3) is 0 Å². The molecule has 0 spiro atoms. The van der Waals surface area contributed by atoms with Crippen molar-refractivity contribution < 1.29 is 8.42 Å². The van der Waals surface area contributed by atoms with Crippen molar-refractivity contribution in [3.05, 3.63) is 46.3 Å². The Hall–Kier alpha value is -1.37. The number of rotatable bonds is 5. The van der Waals surface area contributed by atoms with Crippen LogP contribution in [0.1, 0.15) is 16.0 Å². The van der Waals surface area contributed by atoms with E-state index in [1.807, 2.05) is 44.2 Å². The Bertz CT molecular complexity index is 688. The molecule has 6 heteroatoms. The number of anilines is 1. The average molecular weight is 310 g/mol. The summed E-state index contributed by atoms with van der Waals surface area (Å²) in [5.41, 5.74) is 8.17. The molecule has 1 aromatic heterocycles. The summed E-state index contributed by atoms with van der Waals surface area (Å²) in [5, 5.41) is 0. The molecule has 2 rings (SSSR count). The van der Waals surface area contributed by atoms with E-state index < -0.39 is 10.0 Å². The second-order valence-electron chi connectivity index (χ2n) is 4.72. The molecule has 0 saturated carbocycles. The van der Waals surface area contributed by atoms with Crippen LogP contribution in [0, 0.1) is 13.8 Å². The van der Waals surface area contributed by atoms with Gasteiger partial charge in [0.05, 0.1) is 0 Å². The van der Waals surface area contributed by atoms with Crippen molar-refractivity contribution >= 4 is 27.0 Å². The van der Waals surface area contributed by atoms with Crippen LogP contribution in [-0.4, -0.2) is 15.0 Å². The lowest BCUT2D eigenvalue weighted by Crippen LogP contribution is -2.25. The van der Waals surface area contributed by atoms with Gasteiger partial charge in [-0.3, -0.25) is 0 Å². The van der Waals surface area contributed by atoms with Gasteiger partial charge in [-0.1, -0.05) is 12.1 Å². The Morgan fingerprint density at radius 1 is 1.20 bits per heavy atom. The molecule has 0 bridgehead atoms. The molecule has 0 fully saturated rings. The van der Waals surface area contributed by atoms with Gasteiger partial charge in [-0.25, -0.2) is 13.1 Å². The highest BCUT2D eigenvalue weighted by atomic mass is 32.2. The minimum atomic E-state index is -3.40. The third kappa shape index (κ3) is 3.59. The summed E-state index contributed by atoms with van der Waals surface area (Å²) in [5.74, 6) is 0. The van der Waals surface area contributed by atoms with Crippen molar-refractivity contribution in [1.29, 1.82) is 0 Å². The van der Waals surface area contributed by atoms with E-state index in [0.717, 1.165) is 16.0 Å². The molecule has 3 N–H and O–H groups in total. The topological polar surface area (TPSA) is 72.2 Å². The van der Waals surface area contributed by atoms with Gasteiger partial charge in [0, 0.05) is 17.1 Å². The van der Waals surface area contributed by atoms with E-state index in [4.69, 9.17) is 5.73 Å². The summed E-state index contributed by atoms with van der Waals surface area (Å²) in [4.78, 5) is 1.00. The molecule has 0 amide bonds. The number of benzene rings is 1. The summed E-state index contributed by atoms with van der Waals surface area (Å²) in [6.07, 6.45) is 0.642. The van der Waals surface area contributed by atoms with Gasteiger partial charge in [0.25, 0.3) is 0 Å². The second kappa shape index (κ2) is 5.95. The Morgan fingerprint density at radius 2 is 1.85 bits per heavy atom. The van der Waals surface area contributed by atoms with Crippen molar-refractivity contribution in [2.75, 3.05) is 12.3 Å². The zero-order valence-electron chi connectivity index (χ0n) is 11.5. The standard InChI is InChI=1S/C14H18N2O2S2/c1-10-9-11(2)19-14(10)20(17,18)16-8-7-12-3-5-13(15)6-4-12/h3-6,9,16H,7-8,15H2,1-2H3. The van der Waals surface area contributed by atoms with Gasteiger partial charge in [0.1, 0.15) is 4.21 Å². The minimum Gasteiger partial charge on any atom is -0.399 e. The fourth-order valence-electron chi connectivity index (χ4n) is 1.97. The molecule has 0 aliphatic rings. The van der Waals surface area contributed by atoms with Gasteiger partial charge >= 0.3 is 0 Å². The molecule has 108 valence electrons. The fourth-order valence-corrected chi connectivity index (χ4v) is 4.71. The van der Waals surface area contributed by atoms with E-state index in [1.54, 1.807) is 0 Å². The highest BCUT2D eigenvalue weighted by molar-refractivity contribution is 7.91. The molecule has 0 radical (unpaired) electrons. The molecule has 0 atom stereocenters.